The maximum absolute atomic E-state index is 3.63. The Bertz CT molecular complexity index is 865. The first-order valence-electron chi connectivity index (χ1n) is 10.8. The van der Waals surface area contributed by atoms with Crippen molar-refractivity contribution < 1.29 is 0 Å². The predicted molar refractivity (Wildman–Crippen MR) is 127 cm³/mol. The summed E-state index contributed by atoms with van der Waals surface area (Å²) in [4.78, 5) is 0. The van der Waals surface area contributed by atoms with Crippen LogP contribution in [0, 0.1) is 0 Å². The van der Waals surface area contributed by atoms with Gasteiger partial charge in [-0.2, -0.15) is 0 Å². The maximum atomic E-state index is 3.63. The van der Waals surface area contributed by atoms with E-state index in [2.05, 4.69) is 121 Å². The molecule has 1 aliphatic rings. The van der Waals surface area contributed by atoms with Crippen LogP contribution in [-0.4, -0.2) is 6.54 Å². The molecule has 0 atom stereocenters. The zero-order valence-electron chi connectivity index (χ0n) is 19.8. The first-order chi connectivity index (χ1) is 13.2. The van der Waals surface area contributed by atoms with Crippen molar-refractivity contribution in [2.45, 2.75) is 78.6 Å². The largest absolute Gasteiger partial charge is 0.298 e. The van der Waals surface area contributed by atoms with Crippen LogP contribution in [0.1, 0.15) is 84.6 Å². The minimum absolute atomic E-state index is 0.123. The minimum atomic E-state index is 0.123. The van der Waals surface area contributed by atoms with E-state index in [1.165, 1.54) is 33.6 Å². The van der Waals surface area contributed by atoms with Crippen molar-refractivity contribution >= 4 is 11.4 Å². The maximum Gasteiger partial charge on any atom is 0.0598 e. The van der Waals surface area contributed by atoms with Crippen molar-refractivity contribution in [2.24, 2.45) is 0 Å². The molecule has 0 saturated carbocycles. The van der Waals surface area contributed by atoms with Crippen LogP contribution in [0.3, 0.4) is 0 Å². The summed E-state index contributed by atoms with van der Waals surface area (Å²) in [5, 5.41) is 2.22. The van der Waals surface area contributed by atoms with Crippen molar-refractivity contribution in [2.75, 3.05) is 11.6 Å². The van der Waals surface area contributed by atoms with Gasteiger partial charge in [0.2, 0.25) is 0 Å². The van der Waals surface area contributed by atoms with E-state index in [0.29, 0.717) is 0 Å². The number of rotatable bonds is 2. The standard InChI is InChI=1S/C27H38N2/c1-25(2,3)20-10-12-23(13-11-20)29-15-14-24(28-29)19-16-21(26(4,5)6)18-22(17-19)27(7,8)9/h10-14,16-18,28H,15H2,1-9H3. The van der Waals surface area contributed by atoms with E-state index in [9.17, 15) is 0 Å². The van der Waals surface area contributed by atoms with E-state index in [1.54, 1.807) is 0 Å². The first kappa shape index (κ1) is 21.5. The molecule has 29 heavy (non-hydrogen) atoms. The lowest BCUT2D eigenvalue weighted by atomic mass is 9.79. The van der Waals surface area contributed by atoms with Gasteiger partial charge in [0.15, 0.2) is 0 Å². The molecule has 0 amide bonds. The van der Waals surface area contributed by atoms with E-state index < -0.39 is 0 Å². The second kappa shape index (κ2) is 7.23. The Balaban J connectivity index is 1.87. The van der Waals surface area contributed by atoms with Gasteiger partial charge in [0.1, 0.15) is 0 Å². The van der Waals surface area contributed by atoms with Crippen LogP contribution in [0.4, 0.5) is 5.69 Å². The van der Waals surface area contributed by atoms with Gasteiger partial charge in [-0.15, -0.1) is 0 Å². The highest BCUT2D eigenvalue weighted by molar-refractivity contribution is 5.71. The first-order valence-corrected chi connectivity index (χ1v) is 10.8. The quantitative estimate of drug-likeness (QED) is 0.597. The topological polar surface area (TPSA) is 15.3 Å². The molecule has 2 aromatic carbocycles. The third kappa shape index (κ3) is 4.86. The van der Waals surface area contributed by atoms with Crippen LogP contribution in [0.15, 0.2) is 48.5 Å². The third-order valence-corrected chi connectivity index (χ3v) is 5.75. The molecule has 0 fully saturated rings. The molecule has 0 bridgehead atoms. The molecular weight excluding hydrogens is 352 g/mol. The molecule has 2 nitrogen and oxygen atoms in total. The van der Waals surface area contributed by atoms with E-state index in [4.69, 9.17) is 0 Å². The fourth-order valence-corrected chi connectivity index (χ4v) is 3.56. The Labute approximate surface area is 178 Å². The number of hydrazine groups is 1. The molecule has 0 radical (unpaired) electrons. The lowest BCUT2D eigenvalue weighted by molar-refractivity contribution is 0.568. The fraction of sp³-hybridized carbons (Fsp3) is 0.481. The molecule has 156 valence electrons. The molecule has 2 heteroatoms. The molecule has 2 aromatic rings. The van der Waals surface area contributed by atoms with Gasteiger partial charge in [0, 0.05) is 0 Å². The molecule has 0 aliphatic carbocycles. The summed E-state index contributed by atoms with van der Waals surface area (Å²) in [5.41, 5.74) is 11.9. The molecule has 0 spiro atoms. The van der Waals surface area contributed by atoms with Crippen molar-refractivity contribution in [1.29, 1.82) is 0 Å². The number of hydrogen-bond donors (Lipinski definition) is 1. The van der Waals surface area contributed by atoms with E-state index in [1.807, 2.05) is 0 Å². The Hall–Kier alpha value is -2.22. The summed E-state index contributed by atoms with van der Waals surface area (Å²) < 4.78 is 0. The zero-order valence-corrected chi connectivity index (χ0v) is 19.8. The van der Waals surface area contributed by atoms with Crippen molar-refractivity contribution in [3.8, 4) is 0 Å². The smallest absolute Gasteiger partial charge is 0.0598 e. The molecule has 0 saturated heterocycles. The second-order valence-corrected chi connectivity index (χ2v) is 11.4. The van der Waals surface area contributed by atoms with Crippen LogP contribution in [-0.2, 0) is 16.2 Å². The molecule has 3 rings (SSSR count). The fourth-order valence-electron chi connectivity index (χ4n) is 3.56. The average Bonchev–Trinajstić information content (AvgIpc) is 3.09. The third-order valence-electron chi connectivity index (χ3n) is 5.75. The van der Waals surface area contributed by atoms with Gasteiger partial charge in [0.25, 0.3) is 0 Å². The van der Waals surface area contributed by atoms with E-state index >= 15 is 0 Å². The van der Waals surface area contributed by atoms with Crippen LogP contribution in [0.25, 0.3) is 5.70 Å². The average molecular weight is 391 g/mol. The van der Waals surface area contributed by atoms with E-state index in [0.717, 1.165) is 6.54 Å². The van der Waals surface area contributed by atoms with Gasteiger partial charge in [-0.3, -0.25) is 10.4 Å². The highest BCUT2D eigenvalue weighted by Gasteiger charge is 2.23. The SMILES string of the molecule is CC(C)(C)c1ccc(N2CC=C(c3cc(C(C)(C)C)cc(C(C)(C)C)c3)N2)cc1. The predicted octanol–water partition coefficient (Wildman–Crippen LogP) is 6.94. The Morgan fingerprint density at radius 1 is 0.655 bits per heavy atom. The van der Waals surface area contributed by atoms with Crippen molar-refractivity contribution in [1.82, 2.24) is 5.43 Å². The van der Waals surface area contributed by atoms with Gasteiger partial charge < -0.3 is 0 Å². The summed E-state index contributed by atoms with van der Waals surface area (Å²) in [6.07, 6.45) is 2.30. The number of benzene rings is 2. The molecule has 1 aliphatic heterocycles. The summed E-state index contributed by atoms with van der Waals surface area (Å²) in [7, 11) is 0. The lowest BCUT2D eigenvalue weighted by Crippen LogP contribution is -2.31. The van der Waals surface area contributed by atoms with Crippen LogP contribution in [0.5, 0.6) is 0 Å². The number of hydrogen-bond acceptors (Lipinski definition) is 2. The normalized spacial score (nSPS) is 15.3. The van der Waals surface area contributed by atoms with Crippen LogP contribution in [0.2, 0.25) is 0 Å². The van der Waals surface area contributed by atoms with Crippen molar-refractivity contribution in [3.05, 3.63) is 70.8 Å². The molecule has 1 N–H and O–H groups in total. The number of nitrogens with zero attached hydrogens (tertiary/aromatic N) is 1. The van der Waals surface area contributed by atoms with Gasteiger partial charge in [-0.1, -0.05) is 80.5 Å². The Morgan fingerprint density at radius 2 is 1.14 bits per heavy atom. The zero-order chi connectivity index (χ0) is 21.6. The number of nitrogens with one attached hydrogen (secondary N) is 1. The second-order valence-electron chi connectivity index (χ2n) is 11.4. The minimum Gasteiger partial charge on any atom is -0.298 e. The van der Waals surface area contributed by atoms with Gasteiger partial charge in [0.05, 0.1) is 17.9 Å². The van der Waals surface area contributed by atoms with Crippen molar-refractivity contribution in [3.63, 3.8) is 0 Å². The molecule has 1 heterocycles. The monoisotopic (exact) mass is 390 g/mol. The van der Waals surface area contributed by atoms with Gasteiger partial charge in [-0.25, -0.2) is 0 Å². The van der Waals surface area contributed by atoms with Gasteiger partial charge >= 0.3 is 0 Å². The highest BCUT2D eigenvalue weighted by atomic mass is 15.5. The van der Waals surface area contributed by atoms with Crippen LogP contribution >= 0.6 is 0 Å². The molecule has 0 unspecified atom stereocenters. The Morgan fingerprint density at radius 3 is 1.59 bits per heavy atom. The summed E-state index contributed by atoms with van der Waals surface area (Å²) in [6, 6.07) is 16.0. The summed E-state index contributed by atoms with van der Waals surface area (Å²) in [6.45, 7) is 21.4. The molecular formula is C27H38N2. The molecule has 0 aromatic heterocycles. The highest BCUT2D eigenvalue weighted by Crippen LogP contribution is 2.33. The summed E-state index contributed by atoms with van der Waals surface area (Å²) in [5.74, 6) is 0. The Kier molecular flexibility index (Phi) is 5.36. The lowest BCUT2D eigenvalue weighted by Gasteiger charge is -2.27. The van der Waals surface area contributed by atoms with Gasteiger partial charge in [-0.05, 0) is 68.8 Å². The number of anilines is 1. The van der Waals surface area contributed by atoms with E-state index in [-0.39, 0.29) is 16.2 Å². The summed E-state index contributed by atoms with van der Waals surface area (Å²) >= 11 is 0. The van der Waals surface area contributed by atoms with Crippen LogP contribution < -0.4 is 10.4 Å².